The molecule has 0 spiro atoms. The molecule has 34 heavy (non-hydrogen) atoms. The van der Waals surface area contributed by atoms with Crippen molar-refractivity contribution in [3.63, 3.8) is 0 Å². The Labute approximate surface area is 193 Å². The minimum Gasteiger partial charge on any atom is -0.342 e. The van der Waals surface area contributed by atoms with E-state index in [9.17, 15) is 27.3 Å². The number of hydrogen-bond donors (Lipinski definition) is 1. The third-order valence-electron chi connectivity index (χ3n) is 5.93. The van der Waals surface area contributed by atoms with Crippen LogP contribution in [0.25, 0.3) is 22.0 Å². The molecular formula is C24H18F2N4O3S. The van der Waals surface area contributed by atoms with E-state index in [1.165, 1.54) is 10.6 Å². The van der Waals surface area contributed by atoms with Crippen molar-refractivity contribution in [1.82, 2.24) is 9.55 Å². The third-order valence-corrected chi connectivity index (χ3v) is 6.79. The zero-order valence-electron chi connectivity index (χ0n) is 18.2. The van der Waals surface area contributed by atoms with Gasteiger partial charge in [-0.05, 0) is 29.8 Å². The number of aromatic amines is 1. The van der Waals surface area contributed by atoms with Crippen LogP contribution in [0.4, 0.5) is 20.2 Å². The minimum absolute atomic E-state index is 0.0318. The summed E-state index contributed by atoms with van der Waals surface area (Å²) in [6.45, 7) is 0.0318. The molecule has 0 fully saturated rings. The van der Waals surface area contributed by atoms with Gasteiger partial charge >= 0.3 is 0 Å². The Kier molecular flexibility index (Phi) is 4.84. The van der Waals surface area contributed by atoms with E-state index in [0.717, 1.165) is 18.4 Å². The topological polar surface area (TPSA) is 99.0 Å². The number of pyridine rings is 1. The van der Waals surface area contributed by atoms with E-state index >= 15 is 0 Å². The van der Waals surface area contributed by atoms with Crippen molar-refractivity contribution in [3.05, 3.63) is 81.4 Å². The van der Waals surface area contributed by atoms with Crippen LogP contribution in [0.5, 0.6) is 0 Å². The number of hydrogen-bond acceptors (Lipinski definition) is 5. The molecule has 0 bridgehead atoms. The van der Waals surface area contributed by atoms with Crippen LogP contribution in [-0.2, 0) is 29.2 Å². The van der Waals surface area contributed by atoms with E-state index in [2.05, 4.69) is 11.1 Å². The molecule has 3 heterocycles. The summed E-state index contributed by atoms with van der Waals surface area (Å²) in [6.07, 6.45) is 2.75. The summed E-state index contributed by atoms with van der Waals surface area (Å²) in [7, 11) is -1.76. The lowest BCUT2D eigenvalue weighted by atomic mass is 9.99. The number of H-pyrrole nitrogens is 1. The van der Waals surface area contributed by atoms with Crippen molar-refractivity contribution >= 4 is 32.1 Å². The highest BCUT2D eigenvalue weighted by Gasteiger charge is 2.29. The van der Waals surface area contributed by atoms with Gasteiger partial charge < -0.3 is 14.5 Å². The molecule has 2 aromatic heterocycles. The Balaban J connectivity index is 1.89. The number of anilines is 2. The van der Waals surface area contributed by atoms with Crippen LogP contribution in [0.1, 0.15) is 16.8 Å². The smallest absolute Gasteiger partial charge is 0.274 e. The Morgan fingerprint density at radius 3 is 2.53 bits per heavy atom. The number of benzene rings is 2. The summed E-state index contributed by atoms with van der Waals surface area (Å²) in [5.74, 6) is -1.73. The molecule has 1 aliphatic rings. The Morgan fingerprint density at radius 2 is 1.85 bits per heavy atom. The summed E-state index contributed by atoms with van der Waals surface area (Å²) in [6, 6.07) is 10.3. The Morgan fingerprint density at radius 1 is 1.12 bits per heavy atom. The number of rotatable bonds is 3. The van der Waals surface area contributed by atoms with Gasteiger partial charge in [0.05, 0.1) is 18.0 Å². The SMILES string of the molecule is Cn1cc2c3c(c(C#N)[nH]c3c1=O)CN(c1ccc(F)cc1F)c1ccc(CS(C)(=O)=O)cc1-2. The van der Waals surface area contributed by atoms with E-state index in [0.29, 0.717) is 33.3 Å². The van der Waals surface area contributed by atoms with Crippen LogP contribution in [0.3, 0.4) is 0 Å². The van der Waals surface area contributed by atoms with Crippen molar-refractivity contribution in [2.24, 2.45) is 7.05 Å². The summed E-state index contributed by atoms with van der Waals surface area (Å²) < 4.78 is 53.9. The van der Waals surface area contributed by atoms with Crippen LogP contribution in [0, 0.1) is 23.0 Å². The van der Waals surface area contributed by atoms with Gasteiger partial charge in [-0.2, -0.15) is 5.26 Å². The van der Waals surface area contributed by atoms with Crippen LogP contribution >= 0.6 is 0 Å². The number of nitrogens with one attached hydrogen (secondary N) is 1. The Bertz CT molecular complexity index is 1720. The zero-order valence-corrected chi connectivity index (χ0v) is 19.0. The normalized spacial score (nSPS) is 13.0. The van der Waals surface area contributed by atoms with E-state index in [1.807, 2.05) is 0 Å². The number of nitriles is 1. The molecule has 172 valence electrons. The molecular weight excluding hydrogens is 462 g/mol. The lowest BCUT2D eigenvalue weighted by Gasteiger charge is -2.26. The van der Waals surface area contributed by atoms with E-state index < -0.39 is 21.5 Å². The first kappa shape index (κ1) is 21.9. The molecule has 10 heteroatoms. The molecule has 1 N–H and O–H groups in total. The highest BCUT2D eigenvalue weighted by Crippen LogP contribution is 2.45. The second-order valence-electron chi connectivity index (χ2n) is 8.40. The van der Waals surface area contributed by atoms with Crippen molar-refractivity contribution < 1.29 is 17.2 Å². The largest absolute Gasteiger partial charge is 0.342 e. The number of aryl methyl sites for hydroxylation is 1. The van der Waals surface area contributed by atoms with Crippen LogP contribution in [0.15, 0.2) is 47.4 Å². The molecule has 0 saturated heterocycles. The summed E-state index contributed by atoms with van der Waals surface area (Å²) in [5.41, 5.74) is 2.84. The van der Waals surface area contributed by atoms with Crippen LogP contribution in [0.2, 0.25) is 0 Å². The number of sulfone groups is 1. The van der Waals surface area contributed by atoms with Crippen molar-refractivity contribution in [1.29, 1.82) is 5.26 Å². The molecule has 0 atom stereocenters. The molecule has 0 saturated carbocycles. The van der Waals surface area contributed by atoms with E-state index in [1.54, 1.807) is 36.3 Å². The summed E-state index contributed by atoms with van der Waals surface area (Å²) in [4.78, 5) is 17.3. The molecule has 5 rings (SSSR count). The fourth-order valence-electron chi connectivity index (χ4n) is 4.53. The maximum Gasteiger partial charge on any atom is 0.274 e. The zero-order chi connectivity index (χ0) is 24.4. The molecule has 0 amide bonds. The molecule has 4 aromatic rings. The fraction of sp³-hybridized carbons (Fsp3) is 0.167. The molecule has 1 aliphatic heterocycles. The highest BCUT2D eigenvalue weighted by atomic mass is 32.2. The minimum atomic E-state index is -3.34. The highest BCUT2D eigenvalue weighted by molar-refractivity contribution is 7.89. The van der Waals surface area contributed by atoms with Crippen molar-refractivity contribution in [2.45, 2.75) is 12.3 Å². The average Bonchev–Trinajstić information content (AvgIpc) is 3.06. The van der Waals surface area contributed by atoms with Gasteiger partial charge in [-0.15, -0.1) is 0 Å². The number of halogens is 2. The number of aromatic nitrogens is 2. The summed E-state index contributed by atoms with van der Waals surface area (Å²) in [5, 5.41) is 10.3. The van der Waals surface area contributed by atoms with Gasteiger partial charge in [0.15, 0.2) is 9.84 Å². The van der Waals surface area contributed by atoms with Gasteiger partial charge in [-0.3, -0.25) is 4.79 Å². The van der Waals surface area contributed by atoms with E-state index in [-0.39, 0.29) is 34.8 Å². The predicted molar refractivity (Wildman–Crippen MR) is 124 cm³/mol. The summed E-state index contributed by atoms with van der Waals surface area (Å²) >= 11 is 0. The average molecular weight is 480 g/mol. The number of nitrogens with zero attached hydrogens (tertiary/aromatic N) is 3. The van der Waals surface area contributed by atoms with Gasteiger partial charge in [0.1, 0.15) is 28.9 Å². The van der Waals surface area contributed by atoms with Crippen LogP contribution < -0.4 is 10.5 Å². The monoisotopic (exact) mass is 480 g/mol. The quantitative estimate of drug-likeness (QED) is 0.480. The molecule has 0 unspecified atom stereocenters. The number of fused-ring (bicyclic) bond motifs is 2. The van der Waals surface area contributed by atoms with Gasteiger partial charge in [0.25, 0.3) is 5.56 Å². The first-order valence-electron chi connectivity index (χ1n) is 10.3. The van der Waals surface area contributed by atoms with Gasteiger partial charge in [0, 0.05) is 53.3 Å². The van der Waals surface area contributed by atoms with Gasteiger partial charge in [-0.1, -0.05) is 6.07 Å². The lowest BCUT2D eigenvalue weighted by Crippen LogP contribution is -2.18. The van der Waals surface area contributed by atoms with Crippen molar-refractivity contribution in [3.8, 4) is 17.2 Å². The second kappa shape index (κ2) is 7.53. The molecule has 0 aliphatic carbocycles. The first-order valence-corrected chi connectivity index (χ1v) is 12.3. The first-order chi connectivity index (χ1) is 16.1. The molecule has 2 aromatic carbocycles. The van der Waals surface area contributed by atoms with Crippen LogP contribution in [-0.4, -0.2) is 24.2 Å². The van der Waals surface area contributed by atoms with Gasteiger partial charge in [-0.25, -0.2) is 17.2 Å². The van der Waals surface area contributed by atoms with Crippen molar-refractivity contribution in [2.75, 3.05) is 11.2 Å². The molecule has 7 nitrogen and oxygen atoms in total. The fourth-order valence-corrected chi connectivity index (χ4v) is 5.32. The maximum atomic E-state index is 14.9. The predicted octanol–water partition coefficient (Wildman–Crippen LogP) is 3.88. The standard InChI is InChI=1S/C24H18F2N4O3S/c1-29-10-16-15-7-13(12-34(2,32)33)3-5-20(15)30(21-6-4-14(25)8-18(21)26)11-17-19(9-27)28-23(22(16)17)24(29)31/h3-8,10,28H,11-12H2,1-2H3. The third kappa shape index (κ3) is 3.45. The Hall–Kier alpha value is -3.97. The maximum absolute atomic E-state index is 14.9. The second-order valence-corrected chi connectivity index (χ2v) is 10.5. The van der Waals surface area contributed by atoms with E-state index in [4.69, 9.17) is 0 Å². The lowest BCUT2D eigenvalue weighted by molar-refractivity contribution is 0.582. The van der Waals surface area contributed by atoms with Gasteiger partial charge in [0.2, 0.25) is 0 Å². The molecule has 0 radical (unpaired) electrons.